The van der Waals surface area contributed by atoms with Crippen LogP contribution in [0.25, 0.3) is 0 Å². The molecule has 2 atom stereocenters. The highest BCUT2D eigenvalue weighted by Gasteiger charge is 2.42. The molecule has 4 heteroatoms. The van der Waals surface area contributed by atoms with Gasteiger partial charge < -0.3 is 10.1 Å². The maximum Gasteiger partial charge on any atom is 0.0988 e. The molecule has 88 valence electrons. The Hall–Kier alpha value is -0.450. The van der Waals surface area contributed by atoms with E-state index in [1.807, 2.05) is 11.3 Å². The molecule has 0 radical (unpaired) electrons. The van der Waals surface area contributed by atoms with E-state index in [1.165, 1.54) is 23.5 Å². The van der Waals surface area contributed by atoms with Crippen molar-refractivity contribution < 1.29 is 4.74 Å². The van der Waals surface area contributed by atoms with E-state index in [1.54, 1.807) is 7.11 Å². The van der Waals surface area contributed by atoms with E-state index in [9.17, 15) is 0 Å². The van der Waals surface area contributed by atoms with Crippen LogP contribution in [-0.4, -0.2) is 24.7 Å². The molecule has 1 aliphatic heterocycles. The van der Waals surface area contributed by atoms with Gasteiger partial charge in [-0.1, -0.05) is 6.92 Å². The second-order valence-corrected chi connectivity index (χ2v) is 6.05. The molecule has 1 saturated carbocycles. The van der Waals surface area contributed by atoms with Crippen LogP contribution in [0.2, 0.25) is 0 Å². The Labute approximate surface area is 100 Å². The maximum absolute atomic E-state index is 5.36. The second-order valence-electron chi connectivity index (χ2n) is 5.19. The first kappa shape index (κ1) is 10.7. The molecular formula is C12H18N2OS. The molecule has 3 rings (SSSR count). The van der Waals surface area contributed by atoms with E-state index >= 15 is 0 Å². The van der Waals surface area contributed by atoms with E-state index in [2.05, 4.69) is 17.6 Å². The zero-order valence-corrected chi connectivity index (χ0v) is 10.6. The van der Waals surface area contributed by atoms with Crippen LogP contribution in [0, 0.1) is 0 Å². The van der Waals surface area contributed by atoms with Crippen molar-refractivity contribution in [1.82, 2.24) is 10.3 Å². The van der Waals surface area contributed by atoms with Gasteiger partial charge in [0, 0.05) is 24.4 Å². The van der Waals surface area contributed by atoms with Gasteiger partial charge in [-0.2, -0.15) is 0 Å². The highest BCUT2D eigenvalue weighted by Crippen LogP contribution is 2.49. The van der Waals surface area contributed by atoms with Crippen LogP contribution >= 0.6 is 11.3 Å². The third-order valence-electron chi connectivity index (χ3n) is 3.82. The minimum atomic E-state index is 0.353. The summed E-state index contributed by atoms with van der Waals surface area (Å²) in [5.41, 5.74) is 1.62. The van der Waals surface area contributed by atoms with Gasteiger partial charge in [-0.25, -0.2) is 4.98 Å². The Morgan fingerprint density at radius 3 is 3.00 bits per heavy atom. The van der Waals surface area contributed by atoms with Crippen LogP contribution in [0.4, 0.5) is 0 Å². The Morgan fingerprint density at radius 1 is 1.56 bits per heavy atom. The van der Waals surface area contributed by atoms with E-state index < -0.39 is 0 Å². The Kier molecular flexibility index (Phi) is 2.53. The lowest BCUT2D eigenvalue weighted by molar-refractivity contribution is 0.117. The SMILES string of the molecule is COC1CNC(c2csc(C3(C)CC3)n2)C1. The number of nitrogens with one attached hydrogen (secondary N) is 1. The molecule has 1 N–H and O–H groups in total. The number of hydrogen-bond acceptors (Lipinski definition) is 4. The topological polar surface area (TPSA) is 34.1 Å². The highest BCUT2D eigenvalue weighted by atomic mass is 32.1. The molecule has 2 unspecified atom stereocenters. The van der Waals surface area contributed by atoms with Crippen LogP contribution in [0.1, 0.15) is 42.9 Å². The lowest BCUT2D eigenvalue weighted by Crippen LogP contribution is -2.16. The van der Waals surface area contributed by atoms with Gasteiger partial charge in [0.2, 0.25) is 0 Å². The molecule has 1 aliphatic carbocycles. The summed E-state index contributed by atoms with van der Waals surface area (Å²) in [4.78, 5) is 4.80. The van der Waals surface area contributed by atoms with Crippen LogP contribution in [0.5, 0.6) is 0 Å². The number of aromatic nitrogens is 1. The molecule has 3 nitrogen and oxygen atoms in total. The third-order valence-corrected chi connectivity index (χ3v) is 4.99. The summed E-state index contributed by atoms with van der Waals surface area (Å²) in [6.07, 6.45) is 4.01. The quantitative estimate of drug-likeness (QED) is 0.877. The van der Waals surface area contributed by atoms with Crippen LogP contribution in [-0.2, 0) is 10.2 Å². The molecule has 2 heterocycles. The minimum absolute atomic E-state index is 0.353. The first-order valence-corrected chi connectivity index (χ1v) is 6.81. The largest absolute Gasteiger partial charge is 0.380 e. The van der Waals surface area contributed by atoms with Crippen molar-refractivity contribution in [3.8, 4) is 0 Å². The van der Waals surface area contributed by atoms with E-state index in [4.69, 9.17) is 9.72 Å². The number of rotatable bonds is 3. The fraction of sp³-hybridized carbons (Fsp3) is 0.750. The smallest absolute Gasteiger partial charge is 0.0988 e. The van der Waals surface area contributed by atoms with Gasteiger partial charge in [-0.05, 0) is 19.3 Å². The van der Waals surface area contributed by atoms with Gasteiger partial charge in [0.1, 0.15) is 0 Å². The van der Waals surface area contributed by atoms with Crippen molar-refractivity contribution in [2.75, 3.05) is 13.7 Å². The van der Waals surface area contributed by atoms with Crippen LogP contribution in [0.15, 0.2) is 5.38 Å². The zero-order valence-electron chi connectivity index (χ0n) is 9.82. The summed E-state index contributed by atoms with van der Waals surface area (Å²) in [6.45, 7) is 3.26. The van der Waals surface area contributed by atoms with Crippen molar-refractivity contribution >= 4 is 11.3 Å². The van der Waals surface area contributed by atoms with Crippen molar-refractivity contribution in [2.24, 2.45) is 0 Å². The number of ether oxygens (including phenoxy) is 1. The van der Waals surface area contributed by atoms with Crippen molar-refractivity contribution in [2.45, 2.75) is 43.7 Å². The Morgan fingerprint density at radius 2 is 2.38 bits per heavy atom. The maximum atomic E-state index is 5.36. The predicted molar refractivity (Wildman–Crippen MR) is 64.9 cm³/mol. The molecule has 0 bridgehead atoms. The average Bonchev–Trinajstić information content (AvgIpc) is 2.80. The summed E-state index contributed by atoms with van der Waals surface area (Å²) in [7, 11) is 1.78. The van der Waals surface area contributed by atoms with E-state index in [-0.39, 0.29) is 0 Å². The Balaban J connectivity index is 1.73. The molecule has 16 heavy (non-hydrogen) atoms. The molecule has 0 amide bonds. The van der Waals surface area contributed by atoms with Crippen LogP contribution in [0.3, 0.4) is 0 Å². The number of thiazole rings is 1. The van der Waals surface area contributed by atoms with Crippen molar-refractivity contribution in [3.63, 3.8) is 0 Å². The summed E-state index contributed by atoms with van der Waals surface area (Å²) in [6, 6.07) is 0.400. The van der Waals surface area contributed by atoms with Gasteiger partial charge in [0.15, 0.2) is 0 Å². The summed E-state index contributed by atoms with van der Waals surface area (Å²) in [5, 5.41) is 7.02. The monoisotopic (exact) mass is 238 g/mol. The zero-order chi connectivity index (χ0) is 11.2. The molecule has 1 aromatic heterocycles. The molecule has 1 saturated heterocycles. The first-order valence-electron chi connectivity index (χ1n) is 5.93. The number of nitrogens with zero attached hydrogens (tertiary/aromatic N) is 1. The number of hydrogen-bond donors (Lipinski definition) is 1. The van der Waals surface area contributed by atoms with E-state index in [0.29, 0.717) is 17.6 Å². The standard InChI is InChI=1S/C12H18N2OS/c1-12(3-4-12)11-14-10(7-16-11)9-5-8(15-2)6-13-9/h7-9,13H,3-6H2,1-2H3. The van der Waals surface area contributed by atoms with Gasteiger partial charge in [-0.3, -0.25) is 0 Å². The summed E-state index contributed by atoms with van der Waals surface area (Å²) in [5.74, 6) is 0. The highest BCUT2D eigenvalue weighted by molar-refractivity contribution is 7.09. The summed E-state index contributed by atoms with van der Waals surface area (Å²) >= 11 is 1.82. The molecular weight excluding hydrogens is 220 g/mol. The fourth-order valence-electron chi connectivity index (χ4n) is 2.23. The van der Waals surface area contributed by atoms with Gasteiger partial charge in [0.25, 0.3) is 0 Å². The molecule has 0 spiro atoms. The molecule has 0 aromatic carbocycles. The minimum Gasteiger partial charge on any atom is -0.380 e. The van der Waals surface area contributed by atoms with Crippen molar-refractivity contribution in [3.05, 3.63) is 16.1 Å². The van der Waals surface area contributed by atoms with Crippen molar-refractivity contribution in [1.29, 1.82) is 0 Å². The molecule has 2 aliphatic rings. The van der Waals surface area contributed by atoms with E-state index in [0.717, 1.165) is 13.0 Å². The first-order chi connectivity index (χ1) is 7.71. The number of methoxy groups -OCH3 is 1. The van der Waals surface area contributed by atoms with Gasteiger partial charge in [0.05, 0.1) is 22.8 Å². The fourth-order valence-corrected chi connectivity index (χ4v) is 3.33. The average molecular weight is 238 g/mol. The second kappa shape index (κ2) is 3.79. The lowest BCUT2D eigenvalue weighted by atomic mass is 10.1. The Bertz CT molecular complexity index is 386. The third kappa shape index (κ3) is 1.79. The molecule has 2 fully saturated rings. The van der Waals surface area contributed by atoms with Gasteiger partial charge in [-0.15, -0.1) is 11.3 Å². The predicted octanol–water partition coefficient (Wildman–Crippen LogP) is 2.24. The molecule has 1 aromatic rings. The van der Waals surface area contributed by atoms with Gasteiger partial charge >= 0.3 is 0 Å². The van der Waals surface area contributed by atoms with Crippen LogP contribution < -0.4 is 5.32 Å². The normalized spacial score (nSPS) is 31.9. The summed E-state index contributed by atoms with van der Waals surface area (Å²) < 4.78 is 5.36. The lowest BCUT2D eigenvalue weighted by Gasteiger charge is -2.07.